The van der Waals surface area contributed by atoms with Crippen molar-refractivity contribution in [3.05, 3.63) is 45.6 Å². The summed E-state index contributed by atoms with van der Waals surface area (Å²) in [5, 5.41) is 11.2. The first-order valence-electron chi connectivity index (χ1n) is 10.2. The maximum absolute atomic E-state index is 12.8. The van der Waals surface area contributed by atoms with Crippen molar-refractivity contribution in [2.24, 2.45) is 0 Å². The number of pyridine rings is 1. The molecule has 1 aromatic carbocycles. The third-order valence-electron chi connectivity index (χ3n) is 5.89. The number of benzene rings is 1. The van der Waals surface area contributed by atoms with Gasteiger partial charge in [0.05, 0.1) is 16.1 Å². The SMILES string of the molecule is CC(NC(=O)N(C)C1CCN(C)CC1)c1ccc(-c2cnc(N)c(C=N)c2)c(Cl)c1Cl. The summed E-state index contributed by atoms with van der Waals surface area (Å²) in [6.07, 6.45) is 4.67. The lowest BCUT2D eigenvalue weighted by Crippen LogP contribution is -2.48. The number of anilines is 1. The molecule has 0 spiro atoms. The number of nitrogens with zero attached hydrogens (tertiary/aromatic N) is 3. The van der Waals surface area contributed by atoms with Gasteiger partial charge in [-0.05, 0) is 51.5 Å². The second-order valence-electron chi connectivity index (χ2n) is 7.99. The van der Waals surface area contributed by atoms with Gasteiger partial charge in [0.15, 0.2) is 0 Å². The summed E-state index contributed by atoms with van der Waals surface area (Å²) in [5.41, 5.74) is 8.41. The van der Waals surface area contributed by atoms with E-state index in [9.17, 15) is 4.79 Å². The number of nitrogens with one attached hydrogen (secondary N) is 2. The number of urea groups is 1. The lowest BCUT2D eigenvalue weighted by molar-refractivity contribution is 0.146. The van der Waals surface area contributed by atoms with Crippen molar-refractivity contribution in [3.63, 3.8) is 0 Å². The summed E-state index contributed by atoms with van der Waals surface area (Å²) >= 11 is 13.2. The van der Waals surface area contributed by atoms with E-state index in [0.29, 0.717) is 26.7 Å². The molecule has 1 unspecified atom stereocenters. The van der Waals surface area contributed by atoms with E-state index < -0.39 is 0 Å². The Hall–Kier alpha value is -2.35. The van der Waals surface area contributed by atoms with E-state index in [1.165, 1.54) is 0 Å². The third kappa shape index (κ3) is 5.11. The van der Waals surface area contributed by atoms with Gasteiger partial charge in [0.25, 0.3) is 0 Å². The summed E-state index contributed by atoms with van der Waals surface area (Å²) in [6, 6.07) is 5.22. The lowest BCUT2D eigenvalue weighted by atomic mass is 10.0. The van der Waals surface area contributed by atoms with Gasteiger partial charge in [-0.25, -0.2) is 9.78 Å². The van der Waals surface area contributed by atoms with Crippen molar-refractivity contribution < 1.29 is 4.79 Å². The van der Waals surface area contributed by atoms with Crippen LogP contribution in [0.25, 0.3) is 11.1 Å². The normalized spacial score (nSPS) is 16.0. The fraction of sp³-hybridized carbons (Fsp3) is 0.409. The molecule has 1 aliphatic rings. The molecule has 1 atom stereocenters. The number of nitrogen functional groups attached to an aromatic ring is 1. The second kappa shape index (κ2) is 9.85. The fourth-order valence-corrected chi connectivity index (χ4v) is 4.40. The average molecular weight is 463 g/mol. The monoisotopic (exact) mass is 462 g/mol. The molecule has 0 radical (unpaired) electrons. The Morgan fingerprint density at radius 3 is 2.68 bits per heavy atom. The molecule has 166 valence electrons. The summed E-state index contributed by atoms with van der Waals surface area (Å²) in [7, 11) is 3.94. The topological polar surface area (TPSA) is 98.3 Å². The van der Waals surface area contributed by atoms with Gasteiger partial charge in [0.1, 0.15) is 5.82 Å². The van der Waals surface area contributed by atoms with Crippen LogP contribution < -0.4 is 11.1 Å². The number of halogens is 2. The molecule has 1 aromatic heterocycles. The predicted octanol–water partition coefficient (Wildman–Crippen LogP) is 4.43. The third-order valence-corrected chi connectivity index (χ3v) is 6.79. The summed E-state index contributed by atoms with van der Waals surface area (Å²) in [6.45, 7) is 3.86. The molecule has 0 bridgehead atoms. The van der Waals surface area contributed by atoms with Crippen LogP contribution in [0.3, 0.4) is 0 Å². The van der Waals surface area contributed by atoms with Crippen LogP contribution in [-0.2, 0) is 0 Å². The molecule has 0 aliphatic carbocycles. The minimum Gasteiger partial charge on any atom is -0.383 e. The molecule has 2 aromatic rings. The van der Waals surface area contributed by atoms with E-state index in [0.717, 1.165) is 37.7 Å². The van der Waals surface area contributed by atoms with Gasteiger partial charge in [0, 0.05) is 42.2 Å². The van der Waals surface area contributed by atoms with Gasteiger partial charge < -0.3 is 26.3 Å². The van der Waals surface area contributed by atoms with Gasteiger partial charge in [-0.15, -0.1) is 0 Å². The van der Waals surface area contributed by atoms with Crippen LogP contribution in [0.5, 0.6) is 0 Å². The largest absolute Gasteiger partial charge is 0.383 e. The van der Waals surface area contributed by atoms with Gasteiger partial charge in [-0.3, -0.25) is 0 Å². The van der Waals surface area contributed by atoms with Crippen LogP contribution in [0.4, 0.5) is 10.6 Å². The highest BCUT2D eigenvalue weighted by Gasteiger charge is 2.25. The quantitative estimate of drug-likeness (QED) is 0.572. The zero-order valence-corrected chi connectivity index (χ0v) is 19.5. The molecule has 9 heteroatoms. The van der Waals surface area contributed by atoms with Crippen molar-refractivity contribution in [2.45, 2.75) is 31.8 Å². The Morgan fingerprint density at radius 1 is 1.35 bits per heavy atom. The Balaban J connectivity index is 1.76. The second-order valence-corrected chi connectivity index (χ2v) is 8.75. The van der Waals surface area contributed by atoms with E-state index in [1.54, 1.807) is 17.2 Å². The van der Waals surface area contributed by atoms with Crippen LogP contribution in [0.2, 0.25) is 10.0 Å². The van der Waals surface area contributed by atoms with Crippen LogP contribution in [0.1, 0.15) is 36.9 Å². The Kier molecular flexibility index (Phi) is 7.41. The van der Waals surface area contributed by atoms with E-state index in [2.05, 4.69) is 22.2 Å². The number of rotatable bonds is 5. The minimum atomic E-state index is -0.318. The average Bonchev–Trinajstić information content (AvgIpc) is 2.76. The van der Waals surface area contributed by atoms with Crippen LogP contribution in [0.15, 0.2) is 24.4 Å². The molecule has 2 amide bonds. The number of carbonyl (C=O) groups is 1. The molecule has 1 saturated heterocycles. The number of nitrogens with two attached hydrogens (primary N) is 1. The summed E-state index contributed by atoms with van der Waals surface area (Å²) in [4.78, 5) is 21.0. The van der Waals surface area contributed by atoms with Gasteiger partial charge >= 0.3 is 6.03 Å². The van der Waals surface area contributed by atoms with E-state index >= 15 is 0 Å². The number of likely N-dealkylation sites (tertiary alicyclic amines) is 1. The minimum absolute atomic E-state index is 0.128. The number of piperidine rings is 1. The number of carbonyl (C=O) groups excluding carboxylic acids is 1. The fourth-order valence-electron chi connectivity index (χ4n) is 3.79. The van der Waals surface area contributed by atoms with Gasteiger partial charge in [-0.2, -0.15) is 0 Å². The predicted molar refractivity (Wildman–Crippen MR) is 127 cm³/mol. The molecule has 7 nitrogen and oxygen atoms in total. The highest BCUT2D eigenvalue weighted by molar-refractivity contribution is 6.44. The van der Waals surface area contributed by atoms with Crippen molar-refractivity contribution in [1.29, 1.82) is 5.41 Å². The maximum atomic E-state index is 12.8. The molecular weight excluding hydrogens is 435 g/mol. The number of amides is 2. The van der Waals surface area contributed by atoms with Crippen molar-refractivity contribution in [2.75, 3.05) is 32.9 Å². The Labute approximate surface area is 193 Å². The van der Waals surface area contributed by atoms with E-state index in [4.69, 9.17) is 34.3 Å². The molecule has 31 heavy (non-hydrogen) atoms. The zero-order chi connectivity index (χ0) is 22.7. The molecule has 3 rings (SSSR count). The first kappa shape index (κ1) is 23.3. The molecule has 0 saturated carbocycles. The number of aromatic nitrogens is 1. The first-order chi connectivity index (χ1) is 14.7. The smallest absolute Gasteiger partial charge is 0.317 e. The van der Waals surface area contributed by atoms with Crippen LogP contribution in [-0.4, -0.2) is 60.3 Å². The maximum Gasteiger partial charge on any atom is 0.317 e. The Bertz CT molecular complexity index is 975. The van der Waals surface area contributed by atoms with Crippen LogP contribution in [0, 0.1) is 5.41 Å². The van der Waals surface area contributed by atoms with Gasteiger partial charge in [-0.1, -0.05) is 35.3 Å². The van der Waals surface area contributed by atoms with Crippen molar-refractivity contribution >= 4 is 41.3 Å². The number of hydrogen-bond acceptors (Lipinski definition) is 5. The highest BCUT2D eigenvalue weighted by atomic mass is 35.5. The highest BCUT2D eigenvalue weighted by Crippen LogP contribution is 2.38. The summed E-state index contributed by atoms with van der Waals surface area (Å²) < 4.78 is 0. The molecule has 1 fully saturated rings. The van der Waals surface area contributed by atoms with Crippen molar-refractivity contribution in [3.8, 4) is 11.1 Å². The van der Waals surface area contributed by atoms with Gasteiger partial charge in [0.2, 0.25) is 0 Å². The van der Waals surface area contributed by atoms with Crippen LogP contribution >= 0.6 is 23.2 Å². The summed E-state index contributed by atoms with van der Waals surface area (Å²) in [5.74, 6) is 0.280. The zero-order valence-electron chi connectivity index (χ0n) is 18.0. The first-order valence-corrected chi connectivity index (χ1v) is 10.9. The molecule has 2 heterocycles. The van der Waals surface area contributed by atoms with E-state index in [-0.39, 0.29) is 23.9 Å². The number of hydrogen-bond donors (Lipinski definition) is 3. The lowest BCUT2D eigenvalue weighted by Gasteiger charge is -2.35. The van der Waals surface area contributed by atoms with E-state index in [1.807, 2.05) is 26.1 Å². The van der Waals surface area contributed by atoms with Crippen molar-refractivity contribution in [1.82, 2.24) is 20.1 Å². The molecule has 1 aliphatic heterocycles. The molecular formula is C22H28Cl2N6O. The Morgan fingerprint density at radius 2 is 2.03 bits per heavy atom. The molecule has 4 N–H and O–H groups in total. The standard InChI is InChI=1S/C22H28Cl2N6O/c1-13(28-22(31)30(3)16-6-8-29(2)9-7-16)17-4-5-18(20(24)19(17)23)15-10-14(11-25)21(26)27-12-15/h4-5,10-13,16,25H,6-9H2,1-3H3,(H2,26,27)(H,28,31).